The van der Waals surface area contributed by atoms with E-state index in [0.29, 0.717) is 45.5 Å². The summed E-state index contributed by atoms with van der Waals surface area (Å²) in [6, 6.07) is 14.4. The molecule has 7 heteroatoms. The molecule has 1 heterocycles. The van der Waals surface area contributed by atoms with Crippen molar-refractivity contribution in [2.45, 2.75) is 32.1 Å². The third-order valence-corrected chi connectivity index (χ3v) is 6.29. The molecule has 4 rings (SSSR count). The summed E-state index contributed by atoms with van der Waals surface area (Å²) in [6.07, 6.45) is 1.88. The summed E-state index contributed by atoms with van der Waals surface area (Å²) in [7, 11) is 0. The Morgan fingerprint density at radius 3 is 2.62 bits per heavy atom. The topological polar surface area (TPSA) is 65.0 Å². The number of hydrogen-bond donors (Lipinski definition) is 0. The number of aliphatic imine (C=N–C) groups is 1. The molecule has 2 aliphatic rings. The lowest BCUT2D eigenvalue weighted by atomic mass is 9.72. The molecule has 0 N–H and O–H groups in total. The maximum Gasteiger partial charge on any atom is 0.315 e. The predicted molar refractivity (Wildman–Crippen MR) is 125 cm³/mol. The van der Waals surface area contributed by atoms with Gasteiger partial charge in [0.25, 0.3) is 0 Å². The normalized spacial score (nSPS) is 20.5. The van der Waals surface area contributed by atoms with Crippen LogP contribution in [0.4, 0.5) is 0 Å². The number of ether oxygens (including phenoxy) is 2. The maximum atomic E-state index is 13.2. The Bertz CT molecular complexity index is 1090. The second-order valence-corrected chi connectivity index (χ2v) is 8.68. The molecule has 2 aromatic rings. The standard InChI is InChI=1S/C25H23Cl2NO4/c1-15-22(25(30)32-13-12-31-17-6-3-2-4-7-17)23(18-11-10-16(26)14-19(18)27)24-20(28-15)8-5-9-21(24)29/h2-4,6-7,10-11,14,22-23H,5,8-9,12-13H2,1H3/t22?,23-/m0/s1. The molecule has 0 amide bonds. The summed E-state index contributed by atoms with van der Waals surface area (Å²) in [6.45, 7) is 2.10. The highest BCUT2D eigenvalue weighted by atomic mass is 35.5. The van der Waals surface area contributed by atoms with Crippen molar-refractivity contribution in [1.29, 1.82) is 0 Å². The number of benzene rings is 2. The van der Waals surface area contributed by atoms with E-state index in [1.807, 2.05) is 30.3 Å². The fourth-order valence-electron chi connectivity index (χ4n) is 4.31. The van der Waals surface area contributed by atoms with Crippen molar-refractivity contribution in [3.63, 3.8) is 0 Å². The van der Waals surface area contributed by atoms with Crippen molar-refractivity contribution in [3.8, 4) is 5.75 Å². The van der Waals surface area contributed by atoms with E-state index in [9.17, 15) is 9.59 Å². The minimum Gasteiger partial charge on any atom is -0.490 e. The van der Waals surface area contributed by atoms with Crippen LogP contribution in [0.25, 0.3) is 0 Å². The van der Waals surface area contributed by atoms with Gasteiger partial charge < -0.3 is 9.47 Å². The van der Waals surface area contributed by atoms with Crippen LogP contribution in [0.2, 0.25) is 10.0 Å². The van der Waals surface area contributed by atoms with Crippen LogP contribution in [0.1, 0.15) is 37.7 Å². The highest BCUT2D eigenvalue weighted by Gasteiger charge is 2.43. The molecule has 32 heavy (non-hydrogen) atoms. The summed E-state index contributed by atoms with van der Waals surface area (Å²) < 4.78 is 11.2. The Hall–Kier alpha value is -2.63. The molecule has 5 nitrogen and oxygen atoms in total. The number of rotatable bonds is 6. The Kier molecular flexibility index (Phi) is 6.97. The maximum absolute atomic E-state index is 13.2. The molecule has 0 radical (unpaired) electrons. The molecule has 0 fully saturated rings. The SMILES string of the molecule is CC1=NC2=C(C(=O)CCC2)[C@@H](c2ccc(Cl)cc2Cl)C1C(=O)OCCOc1ccccc1. The highest BCUT2D eigenvalue weighted by Crippen LogP contribution is 2.45. The van der Waals surface area contributed by atoms with Gasteiger partial charge in [-0.15, -0.1) is 0 Å². The summed E-state index contributed by atoms with van der Waals surface area (Å²) in [5.74, 6) is -1.05. The van der Waals surface area contributed by atoms with Crippen molar-refractivity contribution in [1.82, 2.24) is 0 Å². The average molecular weight is 472 g/mol. The van der Waals surface area contributed by atoms with Crippen LogP contribution in [0.3, 0.4) is 0 Å². The third kappa shape index (κ3) is 4.74. The van der Waals surface area contributed by atoms with Crippen molar-refractivity contribution in [2.24, 2.45) is 10.9 Å². The molecule has 166 valence electrons. The van der Waals surface area contributed by atoms with Crippen molar-refractivity contribution < 1.29 is 19.1 Å². The first kappa shape index (κ1) is 22.6. The third-order valence-electron chi connectivity index (χ3n) is 5.73. The Morgan fingerprint density at radius 2 is 1.88 bits per heavy atom. The summed E-state index contributed by atoms with van der Waals surface area (Å²) in [5, 5.41) is 0.897. The Morgan fingerprint density at radius 1 is 1.09 bits per heavy atom. The Labute approximate surface area is 197 Å². The minimum absolute atomic E-state index is 0.00345. The second-order valence-electron chi connectivity index (χ2n) is 7.84. The van der Waals surface area contributed by atoms with Crippen LogP contribution in [0.15, 0.2) is 64.8 Å². The van der Waals surface area contributed by atoms with E-state index in [4.69, 9.17) is 32.7 Å². The fourth-order valence-corrected chi connectivity index (χ4v) is 4.84. The number of esters is 1. The summed E-state index contributed by atoms with van der Waals surface area (Å²) in [4.78, 5) is 30.7. The van der Waals surface area contributed by atoms with E-state index in [0.717, 1.165) is 12.1 Å². The average Bonchev–Trinajstić information content (AvgIpc) is 2.77. The van der Waals surface area contributed by atoms with Crippen molar-refractivity contribution in [3.05, 3.63) is 75.4 Å². The second kappa shape index (κ2) is 9.88. The van der Waals surface area contributed by atoms with Crippen molar-refractivity contribution >= 4 is 40.7 Å². The number of carbonyl (C=O) groups excluding carboxylic acids is 2. The lowest BCUT2D eigenvalue weighted by molar-refractivity contribution is -0.147. The molecular formula is C25H23Cl2NO4. The van der Waals surface area contributed by atoms with Crippen LogP contribution >= 0.6 is 23.2 Å². The Balaban J connectivity index is 1.58. The number of hydrogen-bond acceptors (Lipinski definition) is 5. The summed E-state index contributed by atoms with van der Waals surface area (Å²) >= 11 is 12.6. The molecule has 1 aliphatic carbocycles. The zero-order valence-corrected chi connectivity index (χ0v) is 19.2. The number of nitrogens with zero attached hydrogens (tertiary/aromatic N) is 1. The first-order valence-corrected chi connectivity index (χ1v) is 11.3. The van der Waals surface area contributed by atoms with Crippen LogP contribution in [-0.2, 0) is 14.3 Å². The van der Waals surface area contributed by atoms with Crippen molar-refractivity contribution in [2.75, 3.05) is 13.2 Å². The van der Waals surface area contributed by atoms with E-state index in [1.165, 1.54) is 0 Å². The molecule has 2 atom stereocenters. The predicted octanol–water partition coefficient (Wildman–Crippen LogP) is 5.80. The van der Waals surface area contributed by atoms with Gasteiger partial charge in [0, 0.05) is 39.4 Å². The van der Waals surface area contributed by atoms with Gasteiger partial charge in [-0.05, 0) is 49.6 Å². The van der Waals surface area contributed by atoms with Crippen LogP contribution in [0.5, 0.6) is 5.75 Å². The first-order chi connectivity index (χ1) is 15.5. The van der Waals surface area contributed by atoms with Crippen LogP contribution < -0.4 is 4.74 Å². The lowest BCUT2D eigenvalue weighted by Gasteiger charge is -2.34. The first-order valence-electron chi connectivity index (χ1n) is 10.6. The van der Waals surface area contributed by atoms with Gasteiger partial charge in [-0.3, -0.25) is 14.6 Å². The smallest absolute Gasteiger partial charge is 0.315 e. The zero-order chi connectivity index (χ0) is 22.7. The number of Topliss-reactive ketones (excluding diaryl/α,β-unsaturated/α-hetero) is 1. The van der Waals surface area contributed by atoms with Gasteiger partial charge in [-0.1, -0.05) is 47.5 Å². The molecule has 1 aliphatic heterocycles. The van der Waals surface area contributed by atoms with E-state index in [2.05, 4.69) is 4.99 Å². The van der Waals surface area contributed by atoms with Gasteiger partial charge >= 0.3 is 5.97 Å². The summed E-state index contributed by atoms with van der Waals surface area (Å²) in [5.41, 5.74) is 2.60. The van der Waals surface area contributed by atoms with Gasteiger partial charge in [0.15, 0.2) is 5.78 Å². The van der Waals surface area contributed by atoms with Gasteiger partial charge in [-0.25, -0.2) is 0 Å². The van der Waals surface area contributed by atoms with Gasteiger partial charge in [-0.2, -0.15) is 0 Å². The monoisotopic (exact) mass is 471 g/mol. The van der Waals surface area contributed by atoms with Gasteiger partial charge in [0.05, 0.1) is 0 Å². The van der Waals surface area contributed by atoms with E-state index < -0.39 is 17.8 Å². The highest BCUT2D eigenvalue weighted by molar-refractivity contribution is 6.35. The van der Waals surface area contributed by atoms with E-state index in [1.54, 1.807) is 25.1 Å². The molecule has 1 unspecified atom stereocenters. The molecule has 0 saturated carbocycles. The number of ketones is 1. The number of para-hydroxylation sites is 1. The fraction of sp³-hybridized carbons (Fsp3) is 0.320. The quantitative estimate of drug-likeness (QED) is 0.394. The van der Waals surface area contributed by atoms with Gasteiger partial charge in [0.1, 0.15) is 24.9 Å². The lowest BCUT2D eigenvalue weighted by Crippen LogP contribution is -2.37. The molecule has 2 aromatic carbocycles. The number of allylic oxidation sites excluding steroid dienone is 2. The van der Waals surface area contributed by atoms with Gasteiger partial charge in [0.2, 0.25) is 0 Å². The van der Waals surface area contributed by atoms with E-state index in [-0.39, 0.29) is 19.0 Å². The molecular weight excluding hydrogens is 449 g/mol. The zero-order valence-electron chi connectivity index (χ0n) is 17.6. The minimum atomic E-state index is -0.744. The number of carbonyl (C=O) groups is 2. The molecule has 0 bridgehead atoms. The van der Waals surface area contributed by atoms with Crippen LogP contribution in [-0.4, -0.2) is 30.7 Å². The molecule has 0 aromatic heterocycles. The molecule has 0 spiro atoms. The van der Waals surface area contributed by atoms with Crippen LogP contribution in [0, 0.1) is 5.92 Å². The number of halogens is 2. The largest absolute Gasteiger partial charge is 0.490 e. The van der Waals surface area contributed by atoms with E-state index >= 15 is 0 Å². The molecule has 0 saturated heterocycles.